The Kier molecular flexibility index (Phi) is 3.94. The minimum atomic E-state index is -0.781. The molecule has 3 rings (SSSR count). The molecule has 0 fully saturated rings. The van der Waals surface area contributed by atoms with Gasteiger partial charge in [0.15, 0.2) is 0 Å². The minimum absolute atomic E-state index is 0.0522. The van der Waals surface area contributed by atoms with Crippen molar-refractivity contribution in [3.63, 3.8) is 0 Å². The highest BCUT2D eigenvalue weighted by molar-refractivity contribution is 5.83. The first-order valence-corrected chi connectivity index (χ1v) is 7.45. The van der Waals surface area contributed by atoms with Crippen LogP contribution in [0.25, 0.3) is 0 Å². The number of benzene rings is 2. The van der Waals surface area contributed by atoms with Crippen LogP contribution < -0.4 is 11.1 Å². The summed E-state index contributed by atoms with van der Waals surface area (Å²) in [4.78, 5) is 12.4. The van der Waals surface area contributed by atoms with Gasteiger partial charge in [-0.2, -0.15) is 0 Å². The molecule has 2 aromatic rings. The fraction of sp³-hybridized carbons (Fsp3) is 0.278. The predicted molar refractivity (Wildman–Crippen MR) is 83.8 cm³/mol. The van der Waals surface area contributed by atoms with E-state index in [4.69, 9.17) is 5.73 Å². The summed E-state index contributed by atoms with van der Waals surface area (Å²) >= 11 is 0. The standard InChI is InChI=1S/C18H19FN2O/c1-11-15-5-3-2-4-13(15)10-16(11)21-18(22)17(20)12-6-8-14(19)9-7-12/h2-9,11,16-17H,10,20H2,1H3,(H,21,22)/t11?,16?,17-/m0/s1. The molecule has 3 nitrogen and oxygen atoms in total. The molecule has 22 heavy (non-hydrogen) atoms. The molecule has 0 radical (unpaired) electrons. The van der Waals surface area contributed by atoms with Crippen LogP contribution in [-0.4, -0.2) is 11.9 Å². The van der Waals surface area contributed by atoms with Gasteiger partial charge in [-0.25, -0.2) is 4.39 Å². The molecule has 0 spiro atoms. The molecule has 0 bridgehead atoms. The molecule has 0 saturated carbocycles. The monoisotopic (exact) mass is 298 g/mol. The zero-order chi connectivity index (χ0) is 15.7. The third-order valence-electron chi connectivity index (χ3n) is 4.43. The Morgan fingerprint density at radius 1 is 1.23 bits per heavy atom. The van der Waals surface area contributed by atoms with Crippen molar-refractivity contribution < 1.29 is 9.18 Å². The van der Waals surface area contributed by atoms with E-state index in [0.29, 0.717) is 5.56 Å². The lowest BCUT2D eigenvalue weighted by atomic mass is 10.00. The number of fused-ring (bicyclic) bond motifs is 1. The van der Waals surface area contributed by atoms with Crippen LogP contribution in [0.3, 0.4) is 0 Å². The van der Waals surface area contributed by atoms with Crippen molar-refractivity contribution in [1.29, 1.82) is 0 Å². The molecule has 0 aliphatic heterocycles. The molecule has 1 amide bonds. The van der Waals surface area contributed by atoms with Gasteiger partial charge in [0.2, 0.25) is 5.91 Å². The Hall–Kier alpha value is -2.20. The second kappa shape index (κ2) is 5.89. The number of carbonyl (C=O) groups is 1. The van der Waals surface area contributed by atoms with E-state index in [1.807, 2.05) is 12.1 Å². The lowest BCUT2D eigenvalue weighted by Gasteiger charge is -2.21. The number of halogens is 1. The maximum Gasteiger partial charge on any atom is 0.241 e. The topological polar surface area (TPSA) is 55.1 Å². The van der Waals surface area contributed by atoms with Gasteiger partial charge in [-0.05, 0) is 35.2 Å². The number of hydrogen-bond acceptors (Lipinski definition) is 2. The molecule has 3 N–H and O–H groups in total. The van der Waals surface area contributed by atoms with E-state index in [9.17, 15) is 9.18 Å². The average molecular weight is 298 g/mol. The van der Waals surface area contributed by atoms with Crippen molar-refractivity contribution in [1.82, 2.24) is 5.32 Å². The molecule has 4 heteroatoms. The molecule has 0 saturated heterocycles. The lowest BCUT2D eigenvalue weighted by Crippen LogP contribution is -2.42. The van der Waals surface area contributed by atoms with E-state index in [1.54, 1.807) is 12.1 Å². The maximum atomic E-state index is 12.9. The Bertz CT molecular complexity index is 684. The first-order chi connectivity index (χ1) is 10.6. The van der Waals surface area contributed by atoms with Gasteiger partial charge in [0.1, 0.15) is 11.9 Å². The number of carbonyl (C=O) groups excluding carboxylic acids is 1. The molecule has 2 aromatic carbocycles. The predicted octanol–water partition coefficient (Wildman–Crippen LogP) is 2.67. The highest BCUT2D eigenvalue weighted by Gasteiger charge is 2.31. The second-order valence-electron chi connectivity index (χ2n) is 5.84. The maximum absolute atomic E-state index is 12.9. The highest BCUT2D eigenvalue weighted by atomic mass is 19.1. The van der Waals surface area contributed by atoms with Crippen molar-refractivity contribution in [3.8, 4) is 0 Å². The minimum Gasteiger partial charge on any atom is -0.351 e. The van der Waals surface area contributed by atoms with E-state index in [-0.39, 0.29) is 23.7 Å². The zero-order valence-corrected chi connectivity index (χ0v) is 12.4. The molecule has 3 atom stereocenters. The number of nitrogens with two attached hydrogens (primary N) is 1. The summed E-state index contributed by atoms with van der Waals surface area (Å²) in [5.74, 6) is -0.298. The normalized spacial score (nSPS) is 21.2. The van der Waals surface area contributed by atoms with Gasteiger partial charge >= 0.3 is 0 Å². The van der Waals surface area contributed by atoms with E-state index in [1.165, 1.54) is 23.3 Å². The Morgan fingerprint density at radius 2 is 1.91 bits per heavy atom. The van der Waals surface area contributed by atoms with Crippen LogP contribution in [0, 0.1) is 5.82 Å². The van der Waals surface area contributed by atoms with Crippen molar-refractivity contribution in [3.05, 3.63) is 71.0 Å². The van der Waals surface area contributed by atoms with Crippen LogP contribution in [0.15, 0.2) is 48.5 Å². The highest BCUT2D eigenvalue weighted by Crippen LogP contribution is 2.32. The quantitative estimate of drug-likeness (QED) is 0.915. The SMILES string of the molecule is CC1c2ccccc2CC1NC(=O)[C@@H](N)c1ccc(F)cc1. The second-order valence-corrected chi connectivity index (χ2v) is 5.84. The average Bonchev–Trinajstić information content (AvgIpc) is 2.84. The Morgan fingerprint density at radius 3 is 2.59 bits per heavy atom. The third kappa shape index (κ3) is 2.74. The molecule has 1 aliphatic rings. The first kappa shape index (κ1) is 14.7. The van der Waals surface area contributed by atoms with Gasteiger partial charge in [-0.15, -0.1) is 0 Å². The summed E-state index contributed by atoms with van der Waals surface area (Å²) in [7, 11) is 0. The Balaban J connectivity index is 1.69. The summed E-state index contributed by atoms with van der Waals surface area (Å²) in [6, 6.07) is 13.2. The van der Waals surface area contributed by atoms with Gasteiger partial charge in [-0.1, -0.05) is 43.3 Å². The zero-order valence-electron chi connectivity index (χ0n) is 12.4. The van der Waals surface area contributed by atoms with Crippen molar-refractivity contribution >= 4 is 5.91 Å². The van der Waals surface area contributed by atoms with Crippen LogP contribution in [0.4, 0.5) is 4.39 Å². The Labute approximate surface area is 129 Å². The summed E-state index contributed by atoms with van der Waals surface area (Å²) in [6.45, 7) is 2.11. The van der Waals surface area contributed by atoms with Crippen molar-refractivity contribution in [2.24, 2.45) is 5.73 Å². The van der Waals surface area contributed by atoms with Gasteiger partial charge in [0.25, 0.3) is 0 Å². The molecule has 0 heterocycles. The van der Waals surface area contributed by atoms with Gasteiger partial charge in [0.05, 0.1) is 0 Å². The molecular formula is C18H19FN2O. The molecule has 1 aliphatic carbocycles. The first-order valence-electron chi connectivity index (χ1n) is 7.45. The number of nitrogens with one attached hydrogen (secondary N) is 1. The lowest BCUT2D eigenvalue weighted by molar-refractivity contribution is -0.123. The summed E-state index contributed by atoms with van der Waals surface area (Å²) in [6.07, 6.45) is 0.819. The van der Waals surface area contributed by atoms with Crippen LogP contribution in [0.2, 0.25) is 0 Å². The molecule has 0 aromatic heterocycles. The van der Waals surface area contributed by atoms with Crippen LogP contribution >= 0.6 is 0 Å². The van der Waals surface area contributed by atoms with Gasteiger partial charge < -0.3 is 11.1 Å². The van der Waals surface area contributed by atoms with E-state index < -0.39 is 6.04 Å². The number of hydrogen-bond donors (Lipinski definition) is 2. The fourth-order valence-corrected chi connectivity index (χ4v) is 3.06. The largest absolute Gasteiger partial charge is 0.351 e. The van der Waals surface area contributed by atoms with Gasteiger partial charge in [0, 0.05) is 12.0 Å². The van der Waals surface area contributed by atoms with Gasteiger partial charge in [-0.3, -0.25) is 4.79 Å². The molecular weight excluding hydrogens is 279 g/mol. The summed E-state index contributed by atoms with van der Waals surface area (Å²) in [5, 5.41) is 3.03. The van der Waals surface area contributed by atoms with E-state index >= 15 is 0 Å². The van der Waals surface area contributed by atoms with E-state index in [2.05, 4.69) is 24.4 Å². The van der Waals surface area contributed by atoms with Crippen molar-refractivity contribution in [2.75, 3.05) is 0 Å². The summed E-state index contributed by atoms with van der Waals surface area (Å²) < 4.78 is 12.9. The van der Waals surface area contributed by atoms with Crippen LogP contribution in [0.1, 0.15) is 35.6 Å². The molecule has 114 valence electrons. The number of amides is 1. The smallest absolute Gasteiger partial charge is 0.241 e. The summed E-state index contributed by atoms with van der Waals surface area (Å²) in [5.41, 5.74) is 9.15. The molecule has 2 unspecified atom stereocenters. The number of rotatable bonds is 3. The van der Waals surface area contributed by atoms with Crippen molar-refractivity contribution in [2.45, 2.75) is 31.3 Å². The third-order valence-corrected chi connectivity index (χ3v) is 4.43. The van der Waals surface area contributed by atoms with E-state index in [0.717, 1.165) is 6.42 Å². The van der Waals surface area contributed by atoms with Crippen LogP contribution in [0.5, 0.6) is 0 Å². The fourth-order valence-electron chi connectivity index (χ4n) is 3.06. The van der Waals surface area contributed by atoms with Crippen LogP contribution in [-0.2, 0) is 11.2 Å².